The van der Waals surface area contributed by atoms with Crippen LogP contribution < -0.4 is 10.6 Å². The zero-order valence-corrected chi connectivity index (χ0v) is 17.8. The molecule has 1 aliphatic rings. The van der Waals surface area contributed by atoms with Crippen LogP contribution in [0, 0.1) is 25.7 Å². The molecule has 6 heteroatoms. The number of piperidine rings is 1. The number of hydrogen-bond acceptors (Lipinski definition) is 3. The molecule has 1 aromatic heterocycles. The van der Waals surface area contributed by atoms with Gasteiger partial charge in [-0.3, -0.25) is 14.6 Å². The average Bonchev–Trinajstić information content (AvgIpc) is 2.84. The molecule has 1 fully saturated rings. The summed E-state index contributed by atoms with van der Waals surface area (Å²) in [5.41, 5.74) is 3.53. The Bertz CT molecular complexity index is 596. The second-order valence-electron chi connectivity index (χ2n) is 8.11. The van der Waals surface area contributed by atoms with Crippen LogP contribution in [0.3, 0.4) is 0 Å². The summed E-state index contributed by atoms with van der Waals surface area (Å²) in [6.07, 6.45) is 2.63. The van der Waals surface area contributed by atoms with Crippen LogP contribution in [-0.4, -0.2) is 53.4 Å². The fraction of sp³-hybridized carbons (Fsp3) is 0.800. The van der Waals surface area contributed by atoms with Gasteiger partial charge in [-0.05, 0) is 51.6 Å². The van der Waals surface area contributed by atoms with Crippen molar-refractivity contribution in [3.05, 3.63) is 17.0 Å². The van der Waals surface area contributed by atoms with Crippen molar-refractivity contribution in [3.63, 3.8) is 0 Å². The predicted molar refractivity (Wildman–Crippen MR) is 109 cm³/mol. The molecule has 26 heavy (non-hydrogen) atoms. The van der Waals surface area contributed by atoms with Gasteiger partial charge in [0.2, 0.25) is 0 Å². The molecule has 6 nitrogen and oxygen atoms in total. The van der Waals surface area contributed by atoms with Crippen molar-refractivity contribution in [3.8, 4) is 0 Å². The van der Waals surface area contributed by atoms with E-state index in [1.54, 1.807) is 0 Å². The smallest absolute Gasteiger partial charge is 0.191 e. The minimum atomic E-state index is 0.544. The van der Waals surface area contributed by atoms with E-state index in [0.717, 1.165) is 30.7 Å². The first-order valence-electron chi connectivity index (χ1n) is 10.0. The van der Waals surface area contributed by atoms with Crippen molar-refractivity contribution in [2.45, 2.75) is 60.0 Å². The van der Waals surface area contributed by atoms with E-state index in [4.69, 9.17) is 0 Å². The Balaban J connectivity index is 1.90. The number of aryl methyl sites for hydroxylation is 2. The van der Waals surface area contributed by atoms with Crippen LogP contribution in [0.4, 0.5) is 0 Å². The number of aliphatic imine (C=N–C) groups is 1. The summed E-state index contributed by atoms with van der Waals surface area (Å²) < 4.78 is 1.94. The second kappa shape index (κ2) is 9.40. The summed E-state index contributed by atoms with van der Waals surface area (Å²) in [6, 6.07) is 0.544. The predicted octanol–water partition coefficient (Wildman–Crippen LogP) is 2.46. The summed E-state index contributed by atoms with van der Waals surface area (Å²) in [7, 11) is 3.83. The SMILES string of the molecule is CN=C(NCc1c(C)nn(C)c1C)NCC(C(C)C)N1CCC(C)CC1. The molecule has 2 rings (SSSR count). The molecular formula is C20H38N6. The van der Waals surface area contributed by atoms with E-state index in [-0.39, 0.29) is 0 Å². The molecule has 1 aromatic rings. The van der Waals surface area contributed by atoms with Gasteiger partial charge in [0.25, 0.3) is 0 Å². The van der Waals surface area contributed by atoms with Crippen molar-refractivity contribution in [1.29, 1.82) is 0 Å². The number of guanidine groups is 1. The lowest BCUT2D eigenvalue weighted by atomic mass is 9.94. The maximum Gasteiger partial charge on any atom is 0.191 e. The lowest BCUT2D eigenvalue weighted by Crippen LogP contribution is -2.51. The molecule has 1 unspecified atom stereocenters. The van der Waals surface area contributed by atoms with Gasteiger partial charge < -0.3 is 10.6 Å². The topological polar surface area (TPSA) is 57.5 Å². The van der Waals surface area contributed by atoms with Crippen LogP contribution in [0.2, 0.25) is 0 Å². The lowest BCUT2D eigenvalue weighted by Gasteiger charge is -2.39. The molecule has 148 valence electrons. The first-order chi connectivity index (χ1) is 12.3. The van der Waals surface area contributed by atoms with Gasteiger partial charge in [0.05, 0.1) is 5.69 Å². The van der Waals surface area contributed by atoms with Gasteiger partial charge in [0.15, 0.2) is 5.96 Å². The molecule has 2 heterocycles. The third-order valence-corrected chi connectivity index (χ3v) is 5.85. The molecule has 0 saturated carbocycles. The molecule has 1 saturated heterocycles. The van der Waals surface area contributed by atoms with Crippen LogP contribution in [-0.2, 0) is 13.6 Å². The molecular weight excluding hydrogens is 324 g/mol. The zero-order valence-electron chi connectivity index (χ0n) is 17.8. The van der Waals surface area contributed by atoms with Crippen LogP contribution in [0.15, 0.2) is 4.99 Å². The minimum absolute atomic E-state index is 0.544. The first-order valence-corrected chi connectivity index (χ1v) is 10.0. The third-order valence-electron chi connectivity index (χ3n) is 5.85. The minimum Gasteiger partial charge on any atom is -0.355 e. The van der Waals surface area contributed by atoms with Gasteiger partial charge in [0.1, 0.15) is 0 Å². The molecule has 0 aliphatic carbocycles. The largest absolute Gasteiger partial charge is 0.355 e. The van der Waals surface area contributed by atoms with Crippen LogP contribution in [0.25, 0.3) is 0 Å². The highest BCUT2D eigenvalue weighted by atomic mass is 15.3. The summed E-state index contributed by atoms with van der Waals surface area (Å²) in [5.74, 6) is 2.35. The molecule has 0 radical (unpaired) electrons. The normalized spacial score (nSPS) is 18.4. The van der Waals surface area contributed by atoms with Gasteiger partial charge in [-0.2, -0.15) is 5.10 Å². The van der Waals surface area contributed by atoms with Gasteiger partial charge in [-0.15, -0.1) is 0 Å². The summed E-state index contributed by atoms with van der Waals surface area (Å²) in [4.78, 5) is 7.06. The van der Waals surface area contributed by atoms with E-state index in [0.29, 0.717) is 12.0 Å². The van der Waals surface area contributed by atoms with Crippen molar-refractivity contribution < 1.29 is 0 Å². The highest BCUT2D eigenvalue weighted by molar-refractivity contribution is 5.79. The van der Waals surface area contributed by atoms with E-state index in [9.17, 15) is 0 Å². The Hall–Kier alpha value is -1.56. The van der Waals surface area contributed by atoms with Crippen LogP contribution >= 0.6 is 0 Å². The second-order valence-corrected chi connectivity index (χ2v) is 8.11. The van der Waals surface area contributed by atoms with Gasteiger partial charge in [-0.1, -0.05) is 20.8 Å². The van der Waals surface area contributed by atoms with E-state index >= 15 is 0 Å². The van der Waals surface area contributed by atoms with E-state index in [1.165, 1.54) is 37.2 Å². The number of nitrogens with one attached hydrogen (secondary N) is 2. The summed E-state index contributed by atoms with van der Waals surface area (Å²) in [6.45, 7) is 15.3. The Kier molecular flexibility index (Phi) is 7.50. The van der Waals surface area contributed by atoms with Crippen molar-refractivity contribution in [2.24, 2.45) is 23.9 Å². The zero-order chi connectivity index (χ0) is 19.3. The number of aromatic nitrogens is 2. The molecule has 0 spiro atoms. The molecule has 0 aromatic carbocycles. The summed E-state index contributed by atoms with van der Waals surface area (Å²) >= 11 is 0. The molecule has 1 atom stereocenters. The quantitative estimate of drug-likeness (QED) is 0.603. The van der Waals surface area contributed by atoms with E-state index in [2.05, 4.69) is 60.2 Å². The number of rotatable bonds is 6. The molecule has 1 aliphatic heterocycles. The fourth-order valence-corrected chi connectivity index (χ4v) is 3.81. The number of hydrogen-bond donors (Lipinski definition) is 2. The molecule has 0 amide bonds. The van der Waals surface area contributed by atoms with E-state index in [1.807, 2.05) is 18.8 Å². The van der Waals surface area contributed by atoms with Crippen molar-refractivity contribution in [2.75, 3.05) is 26.7 Å². The highest BCUT2D eigenvalue weighted by Crippen LogP contribution is 2.21. The van der Waals surface area contributed by atoms with Crippen LogP contribution in [0.5, 0.6) is 0 Å². The standard InChI is InChI=1S/C20H38N6/c1-14(2)19(26-10-8-15(3)9-11-26)13-23-20(21-6)22-12-18-16(4)24-25(7)17(18)5/h14-15,19H,8-13H2,1-7H3,(H2,21,22,23). The Morgan fingerprint density at radius 2 is 1.88 bits per heavy atom. The fourth-order valence-electron chi connectivity index (χ4n) is 3.81. The summed E-state index contributed by atoms with van der Waals surface area (Å²) in [5, 5.41) is 11.5. The lowest BCUT2D eigenvalue weighted by molar-refractivity contribution is 0.110. The van der Waals surface area contributed by atoms with Gasteiger partial charge in [-0.25, -0.2) is 0 Å². The highest BCUT2D eigenvalue weighted by Gasteiger charge is 2.25. The Morgan fingerprint density at radius 3 is 2.38 bits per heavy atom. The first kappa shape index (κ1) is 20.7. The molecule has 0 bridgehead atoms. The maximum absolute atomic E-state index is 4.49. The number of nitrogens with zero attached hydrogens (tertiary/aromatic N) is 4. The molecule has 2 N–H and O–H groups in total. The average molecular weight is 363 g/mol. The van der Waals surface area contributed by atoms with E-state index < -0.39 is 0 Å². The monoisotopic (exact) mass is 362 g/mol. The Labute approximate surface area is 159 Å². The Morgan fingerprint density at radius 1 is 1.23 bits per heavy atom. The third kappa shape index (κ3) is 5.22. The van der Waals surface area contributed by atoms with Crippen molar-refractivity contribution >= 4 is 5.96 Å². The number of likely N-dealkylation sites (tertiary alicyclic amines) is 1. The van der Waals surface area contributed by atoms with Crippen LogP contribution in [0.1, 0.15) is 50.6 Å². The van der Waals surface area contributed by atoms with Gasteiger partial charge >= 0.3 is 0 Å². The van der Waals surface area contributed by atoms with Gasteiger partial charge in [0, 0.05) is 44.5 Å². The maximum atomic E-state index is 4.49. The van der Waals surface area contributed by atoms with Crippen molar-refractivity contribution in [1.82, 2.24) is 25.3 Å².